The molecule has 122 valence electrons. The van der Waals surface area contributed by atoms with E-state index in [1.54, 1.807) is 24.3 Å². The molecule has 0 aromatic heterocycles. The second-order valence-corrected chi connectivity index (χ2v) is 8.36. The Labute approximate surface area is 154 Å². The summed E-state index contributed by atoms with van der Waals surface area (Å²) in [5.41, 5.74) is 1.45. The summed E-state index contributed by atoms with van der Waals surface area (Å²) in [4.78, 5) is -0.0333. The molecule has 0 aliphatic heterocycles. The second-order valence-electron chi connectivity index (χ2n) is 4.83. The summed E-state index contributed by atoms with van der Waals surface area (Å²) < 4.78 is 28.2. The Kier molecular flexibility index (Phi) is 5.79. The van der Waals surface area contributed by atoms with Crippen LogP contribution in [-0.4, -0.2) is 15.0 Å². The summed E-state index contributed by atoms with van der Waals surface area (Å²) in [7, 11) is -3.87. The zero-order valence-corrected chi connectivity index (χ0v) is 16.2. The summed E-state index contributed by atoms with van der Waals surface area (Å²) in [5, 5.41) is 0.427. The van der Waals surface area contributed by atoms with E-state index in [0.717, 1.165) is 10.0 Å². The van der Waals surface area contributed by atoms with Gasteiger partial charge in [-0.3, -0.25) is 4.31 Å². The molecular formula is C16H14BrCl2NO2S. The van der Waals surface area contributed by atoms with Gasteiger partial charge in [0.05, 0.1) is 17.3 Å². The van der Waals surface area contributed by atoms with E-state index in [1.165, 1.54) is 22.5 Å². The molecule has 0 amide bonds. The molecule has 3 nitrogen and oxygen atoms in total. The lowest BCUT2D eigenvalue weighted by atomic mass is 10.2. The summed E-state index contributed by atoms with van der Waals surface area (Å²) in [6, 6.07) is 9.66. The van der Waals surface area contributed by atoms with Crippen LogP contribution in [0.4, 0.5) is 5.69 Å². The number of halogens is 3. The van der Waals surface area contributed by atoms with Gasteiger partial charge in [-0.2, -0.15) is 0 Å². The maximum Gasteiger partial charge on any atom is 0.266 e. The van der Waals surface area contributed by atoms with Crippen molar-refractivity contribution in [3.63, 3.8) is 0 Å². The molecule has 0 fully saturated rings. The first kappa shape index (κ1) is 18.3. The predicted octanol–water partition coefficient (Wildman–Crippen LogP) is 5.45. The van der Waals surface area contributed by atoms with Crippen LogP contribution in [0.5, 0.6) is 0 Å². The lowest BCUT2D eigenvalue weighted by Crippen LogP contribution is -2.31. The van der Waals surface area contributed by atoms with Gasteiger partial charge in [-0.15, -0.1) is 6.58 Å². The van der Waals surface area contributed by atoms with Crippen molar-refractivity contribution in [3.05, 3.63) is 69.1 Å². The van der Waals surface area contributed by atoms with Gasteiger partial charge in [0.15, 0.2) is 0 Å². The molecule has 0 N–H and O–H groups in total. The van der Waals surface area contributed by atoms with Crippen LogP contribution in [0.1, 0.15) is 5.56 Å². The molecule has 0 heterocycles. The third kappa shape index (κ3) is 3.91. The summed E-state index contributed by atoms with van der Waals surface area (Å²) in [6.45, 7) is 5.64. The van der Waals surface area contributed by atoms with E-state index in [9.17, 15) is 8.42 Å². The Morgan fingerprint density at radius 1 is 1.22 bits per heavy atom. The summed E-state index contributed by atoms with van der Waals surface area (Å²) >= 11 is 15.4. The summed E-state index contributed by atoms with van der Waals surface area (Å²) in [5.74, 6) is 0. The average molecular weight is 435 g/mol. The van der Waals surface area contributed by atoms with Crippen molar-refractivity contribution in [1.82, 2.24) is 0 Å². The number of sulfonamides is 1. The Hall–Kier alpha value is -1.01. The SMILES string of the molecule is C=CCN(c1ccc(Br)c(C)c1)S(=O)(=O)c1cc(Cl)ccc1Cl. The fraction of sp³-hybridized carbons (Fsp3) is 0.125. The molecule has 0 spiro atoms. The Bertz CT molecular complexity index is 853. The van der Waals surface area contributed by atoms with Gasteiger partial charge in [0, 0.05) is 9.50 Å². The van der Waals surface area contributed by atoms with Crippen molar-refractivity contribution in [1.29, 1.82) is 0 Å². The highest BCUT2D eigenvalue weighted by Gasteiger charge is 2.27. The standard InChI is InChI=1S/C16H14BrCl2NO2S/c1-3-8-20(13-5-6-14(17)11(2)9-13)23(21,22)16-10-12(18)4-7-15(16)19/h3-7,9-10H,1,8H2,2H3. The molecule has 23 heavy (non-hydrogen) atoms. The largest absolute Gasteiger partial charge is 0.266 e. The number of rotatable bonds is 5. The molecule has 0 aliphatic rings. The Morgan fingerprint density at radius 3 is 2.52 bits per heavy atom. The fourth-order valence-corrected chi connectivity index (χ4v) is 4.45. The van der Waals surface area contributed by atoms with E-state index in [-0.39, 0.29) is 16.5 Å². The quantitative estimate of drug-likeness (QED) is 0.587. The molecule has 0 atom stereocenters. The number of benzene rings is 2. The maximum atomic E-state index is 13.0. The van der Waals surface area contributed by atoms with E-state index >= 15 is 0 Å². The molecule has 0 saturated carbocycles. The smallest absolute Gasteiger partial charge is 0.262 e. The number of hydrogen-bond acceptors (Lipinski definition) is 2. The van der Waals surface area contributed by atoms with E-state index in [4.69, 9.17) is 23.2 Å². The van der Waals surface area contributed by atoms with Crippen molar-refractivity contribution in [2.45, 2.75) is 11.8 Å². The van der Waals surface area contributed by atoms with Crippen molar-refractivity contribution >= 4 is 54.8 Å². The lowest BCUT2D eigenvalue weighted by Gasteiger charge is -2.24. The van der Waals surface area contributed by atoms with Gasteiger partial charge in [0.1, 0.15) is 4.90 Å². The van der Waals surface area contributed by atoms with Crippen LogP contribution in [0.25, 0.3) is 0 Å². The van der Waals surface area contributed by atoms with Crippen LogP contribution >= 0.6 is 39.1 Å². The molecular weight excluding hydrogens is 421 g/mol. The zero-order chi connectivity index (χ0) is 17.2. The Balaban J connectivity index is 2.61. The molecule has 7 heteroatoms. The highest BCUT2D eigenvalue weighted by molar-refractivity contribution is 9.10. The second kappa shape index (κ2) is 7.26. The predicted molar refractivity (Wildman–Crippen MR) is 100 cm³/mol. The summed E-state index contributed by atoms with van der Waals surface area (Å²) in [6.07, 6.45) is 1.52. The number of anilines is 1. The number of hydrogen-bond donors (Lipinski definition) is 0. The molecule has 2 aromatic carbocycles. The van der Waals surface area contributed by atoms with Gasteiger partial charge in [-0.1, -0.05) is 45.2 Å². The van der Waals surface area contributed by atoms with E-state index < -0.39 is 10.0 Å². The van der Waals surface area contributed by atoms with Crippen LogP contribution in [0.2, 0.25) is 10.0 Å². The molecule has 2 aromatic rings. The first-order chi connectivity index (χ1) is 10.8. The van der Waals surface area contributed by atoms with Crippen molar-refractivity contribution in [2.75, 3.05) is 10.8 Å². The molecule has 2 rings (SSSR count). The average Bonchev–Trinajstić information content (AvgIpc) is 2.50. The van der Waals surface area contributed by atoms with Gasteiger partial charge in [-0.25, -0.2) is 8.42 Å². The van der Waals surface area contributed by atoms with E-state index in [2.05, 4.69) is 22.5 Å². The first-order valence-electron chi connectivity index (χ1n) is 6.62. The van der Waals surface area contributed by atoms with E-state index in [1.807, 2.05) is 6.92 Å². The zero-order valence-electron chi connectivity index (χ0n) is 12.3. The van der Waals surface area contributed by atoms with Crippen molar-refractivity contribution < 1.29 is 8.42 Å². The maximum absolute atomic E-state index is 13.0. The first-order valence-corrected chi connectivity index (χ1v) is 9.61. The fourth-order valence-electron chi connectivity index (χ4n) is 2.04. The minimum Gasteiger partial charge on any atom is -0.262 e. The normalized spacial score (nSPS) is 11.3. The van der Waals surface area contributed by atoms with Crippen molar-refractivity contribution in [3.8, 4) is 0 Å². The van der Waals surface area contributed by atoms with Crippen LogP contribution in [0.15, 0.2) is 58.4 Å². The highest BCUT2D eigenvalue weighted by Crippen LogP contribution is 2.32. The van der Waals surface area contributed by atoms with Crippen LogP contribution in [0.3, 0.4) is 0 Å². The van der Waals surface area contributed by atoms with Crippen LogP contribution < -0.4 is 4.31 Å². The minimum absolute atomic E-state index is 0.0333. The van der Waals surface area contributed by atoms with Gasteiger partial charge in [-0.05, 0) is 48.9 Å². The molecule has 0 aliphatic carbocycles. The highest BCUT2D eigenvalue weighted by atomic mass is 79.9. The topological polar surface area (TPSA) is 37.4 Å². The molecule has 0 saturated heterocycles. The van der Waals surface area contributed by atoms with Crippen molar-refractivity contribution in [2.24, 2.45) is 0 Å². The minimum atomic E-state index is -3.87. The van der Waals surface area contributed by atoms with Gasteiger partial charge >= 0.3 is 0 Å². The van der Waals surface area contributed by atoms with E-state index in [0.29, 0.717) is 10.7 Å². The monoisotopic (exact) mass is 433 g/mol. The third-order valence-corrected chi connectivity index (χ3v) is 6.59. The molecule has 0 radical (unpaired) electrons. The molecule has 0 bridgehead atoms. The Morgan fingerprint density at radius 2 is 1.91 bits per heavy atom. The third-order valence-electron chi connectivity index (χ3n) is 3.19. The van der Waals surface area contributed by atoms with Crippen LogP contribution in [-0.2, 0) is 10.0 Å². The van der Waals surface area contributed by atoms with Gasteiger partial charge in [0.25, 0.3) is 10.0 Å². The van der Waals surface area contributed by atoms with Crippen LogP contribution in [0, 0.1) is 6.92 Å². The number of nitrogens with zero attached hydrogens (tertiary/aromatic N) is 1. The number of aryl methyl sites for hydroxylation is 1. The molecule has 0 unspecified atom stereocenters. The lowest BCUT2D eigenvalue weighted by molar-refractivity contribution is 0.593. The van der Waals surface area contributed by atoms with Gasteiger partial charge in [0.2, 0.25) is 0 Å². The van der Waals surface area contributed by atoms with Gasteiger partial charge < -0.3 is 0 Å².